The van der Waals surface area contributed by atoms with Crippen molar-refractivity contribution in [2.24, 2.45) is 17.7 Å². The normalized spacial score (nSPS) is 24.4. The van der Waals surface area contributed by atoms with Gasteiger partial charge in [0, 0.05) is 25.0 Å². The monoisotopic (exact) mass is 283 g/mol. The molecule has 1 aliphatic heterocycles. The molecular weight excluding hydrogens is 261 g/mol. The average molecular weight is 283 g/mol. The topological polar surface area (TPSA) is 69.4 Å². The Hall–Kier alpha value is -1.24. The number of halogens is 1. The van der Waals surface area contributed by atoms with Gasteiger partial charge in [0.1, 0.15) is 0 Å². The molecule has 3 unspecified atom stereocenters. The summed E-state index contributed by atoms with van der Waals surface area (Å²) >= 11 is 0. The van der Waals surface area contributed by atoms with Crippen molar-refractivity contribution in [1.82, 2.24) is 10.4 Å². The molecule has 0 radical (unpaired) electrons. The SMILES string of the molecule is CCOc1nccc(C(NN)C2CCOCC2C)c1F. The van der Waals surface area contributed by atoms with E-state index in [9.17, 15) is 4.39 Å². The number of nitrogens with one attached hydrogen (secondary N) is 1. The Balaban J connectivity index is 2.29. The van der Waals surface area contributed by atoms with E-state index in [0.29, 0.717) is 31.3 Å². The van der Waals surface area contributed by atoms with Crippen molar-refractivity contribution in [2.75, 3.05) is 19.8 Å². The van der Waals surface area contributed by atoms with Crippen LogP contribution >= 0.6 is 0 Å². The second-order valence-corrected chi connectivity index (χ2v) is 5.10. The van der Waals surface area contributed by atoms with Crippen LogP contribution in [0.1, 0.15) is 31.9 Å². The summed E-state index contributed by atoms with van der Waals surface area (Å²) in [7, 11) is 0. The van der Waals surface area contributed by atoms with Crippen LogP contribution < -0.4 is 16.0 Å². The number of hydrazine groups is 1. The highest BCUT2D eigenvalue weighted by molar-refractivity contribution is 5.27. The molecular formula is C14H22FN3O2. The second kappa shape index (κ2) is 6.97. The largest absolute Gasteiger partial charge is 0.476 e. The summed E-state index contributed by atoms with van der Waals surface area (Å²) in [6.45, 7) is 5.62. The number of ether oxygens (including phenoxy) is 2. The lowest BCUT2D eigenvalue weighted by Gasteiger charge is -2.35. The number of aromatic nitrogens is 1. The van der Waals surface area contributed by atoms with Crippen LogP contribution in [0.25, 0.3) is 0 Å². The first-order valence-electron chi connectivity index (χ1n) is 7.00. The summed E-state index contributed by atoms with van der Waals surface area (Å²) in [5.74, 6) is 5.81. The van der Waals surface area contributed by atoms with Gasteiger partial charge in [0.25, 0.3) is 5.88 Å². The van der Waals surface area contributed by atoms with E-state index >= 15 is 0 Å². The Kier molecular flexibility index (Phi) is 5.28. The van der Waals surface area contributed by atoms with Crippen molar-refractivity contribution in [3.8, 4) is 5.88 Å². The van der Waals surface area contributed by atoms with Gasteiger partial charge in [-0.2, -0.15) is 0 Å². The maximum Gasteiger partial charge on any atom is 0.250 e. The van der Waals surface area contributed by atoms with E-state index in [1.165, 1.54) is 0 Å². The molecule has 1 aromatic rings. The molecule has 20 heavy (non-hydrogen) atoms. The first kappa shape index (κ1) is 15.2. The van der Waals surface area contributed by atoms with Gasteiger partial charge >= 0.3 is 0 Å². The number of rotatable bonds is 5. The lowest BCUT2D eigenvalue weighted by molar-refractivity contribution is 0.0100. The van der Waals surface area contributed by atoms with Gasteiger partial charge in [-0.1, -0.05) is 6.92 Å². The van der Waals surface area contributed by atoms with E-state index in [0.717, 1.165) is 6.42 Å². The highest BCUT2D eigenvalue weighted by Crippen LogP contribution is 2.35. The third-order valence-corrected chi connectivity index (χ3v) is 3.82. The molecule has 5 nitrogen and oxygen atoms in total. The Morgan fingerprint density at radius 2 is 2.45 bits per heavy atom. The van der Waals surface area contributed by atoms with Crippen LogP contribution in [0.5, 0.6) is 5.88 Å². The first-order chi connectivity index (χ1) is 9.69. The molecule has 6 heteroatoms. The average Bonchev–Trinajstić information content (AvgIpc) is 2.45. The van der Waals surface area contributed by atoms with E-state index in [-0.39, 0.29) is 17.8 Å². The zero-order valence-electron chi connectivity index (χ0n) is 11.9. The summed E-state index contributed by atoms with van der Waals surface area (Å²) in [5.41, 5.74) is 3.25. The molecule has 0 aliphatic carbocycles. The number of hydrogen-bond acceptors (Lipinski definition) is 5. The van der Waals surface area contributed by atoms with Gasteiger partial charge in [-0.15, -0.1) is 0 Å². The lowest BCUT2D eigenvalue weighted by atomic mass is 9.81. The van der Waals surface area contributed by atoms with Crippen molar-refractivity contribution >= 4 is 0 Å². The van der Waals surface area contributed by atoms with Gasteiger partial charge in [-0.3, -0.25) is 11.3 Å². The minimum Gasteiger partial charge on any atom is -0.476 e. The van der Waals surface area contributed by atoms with E-state index < -0.39 is 5.82 Å². The fourth-order valence-corrected chi connectivity index (χ4v) is 2.75. The van der Waals surface area contributed by atoms with E-state index in [2.05, 4.69) is 17.3 Å². The van der Waals surface area contributed by atoms with Crippen molar-refractivity contribution in [2.45, 2.75) is 26.3 Å². The fraction of sp³-hybridized carbons (Fsp3) is 0.643. The summed E-state index contributed by atoms with van der Waals surface area (Å²) < 4.78 is 25.1. The molecule has 112 valence electrons. The summed E-state index contributed by atoms with van der Waals surface area (Å²) in [6, 6.07) is 1.39. The smallest absolute Gasteiger partial charge is 0.250 e. The number of hydrogen-bond donors (Lipinski definition) is 2. The molecule has 1 fully saturated rings. The number of nitrogens with two attached hydrogens (primary N) is 1. The molecule has 0 amide bonds. The van der Waals surface area contributed by atoms with Crippen molar-refractivity contribution in [1.29, 1.82) is 0 Å². The Bertz CT molecular complexity index is 444. The van der Waals surface area contributed by atoms with Crippen molar-refractivity contribution in [3.05, 3.63) is 23.6 Å². The van der Waals surface area contributed by atoms with Gasteiger partial charge in [0.15, 0.2) is 5.82 Å². The van der Waals surface area contributed by atoms with E-state index in [1.807, 2.05) is 0 Å². The maximum absolute atomic E-state index is 14.5. The van der Waals surface area contributed by atoms with E-state index in [1.54, 1.807) is 19.2 Å². The molecule has 1 saturated heterocycles. The highest BCUT2D eigenvalue weighted by Gasteiger charge is 2.32. The number of nitrogens with zero attached hydrogens (tertiary/aromatic N) is 1. The fourth-order valence-electron chi connectivity index (χ4n) is 2.75. The quantitative estimate of drug-likeness (QED) is 0.637. The molecule has 0 aromatic carbocycles. The molecule has 3 N–H and O–H groups in total. The van der Waals surface area contributed by atoms with Gasteiger partial charge in [0.05, 0.1) is 12.6 Å². The molecule has 0 spiro atoms. The Labute approximate surface area is 118 Å². The lowest BCUT2D eigenvalue weighted by Crippen LogP contribution is -2.40. The zero-order valence-corrected chi connectivity index (χ0v) is 11.9. The van der Waals surface area contributed by atoms with Crippen LogP contribution in [-0.4, -0.2) is 24.8 Å². The Morgan fingerprint density at radius 1 is 1.65 bits per heavy atom. The summed E-state index contributed by atoms with van der Waals surface area (Å²) in [4.78, 5) is 3.92. The minimum atomic E-state index is -0.434. The first-order valence-corrected chi connectivity index (χ1v) is 7.00. The van der Waals surface area contributed by atoms with Crippen molar-refractivity contribution in [3.63, 3.8) is 0 Å². The van der Waals surface area contributed by atoms with Crippen LogP contribution in [0.4, 0.5) is 4.39 Å². The molecule has 0 saturated carbocycles. The second-order valence-electron chi connectivity index (χ2n) is 5.10. The predicted molar refractivity (Wildman–Crippen MR) is 73.5 cm³/mol. The molecule has 0 bridgehead atoms. The predicted octanol–water partition coefficient (Wildman–Crippen LogP) is 1.80. The highest BCUT2D eigenvalue weighted by atomic mass is 19.1. The molecule has 1 aliphatic rings. The third-order valence-electron chi connectivity index (χ3n) is 3.82. The van der Waals surface area contributed by atoms with Gasteiger partial charge < -0.3 is 9.47 Å². The van der Waals surface area contributed by atoms with Crippen LogP contribution in [0.3, 0.4) is 0 Å². The zero-order chi connectivity index (χ0) is 14.5. The third kappa shape index (κ3) is 3.08. The summed E-state index contributed by atoms with van der Waals surface area (Å²) in [5, 5.41) is 0. The van der Waals surface area contributed by atoms with Crippen molar-refractivity contribution < 1.29 is 13.9 Å². The van der Waals surface area contributed by atoms with Gasteiger partial charge in [0.2, 0.25) is 0 Å². The van der Waals surface area contributed by atoms with Gasteiger partial charge in [-0.25, -0.2) is 9.37 Å². The van der Waals surface area contributed by atoms with E-state index in [4.69, 9.17) is 15.3 Å². The van der Waals surface area contributed by atoms with Crippen LogP contribution in [-0.2, 0) is 4.74 Å². The minimum absolute atomic E-state index is 0.0324. The van der Waals surface area contributed by atoms with Crippen LogP contribution in [0.2, 0.25) is 0 Å². The number of pyridine rings is 1. The Morgan fingerprint density at radius 3 is 3.10 bits per heavy atom. The molecule has 2 rings (SSSR count). The maximum atomic E-state index is 14.5. The molecule has 2 heterocycles. The standard InChI is InChI=1S/C14H22FN3O2/c1-3-20-14-12(15)11(4-6-17-14)13(18-16)10-5-7-19-8-9(10)2/h4,6,9-10,13,18H,3,5,7-8,16H2,1-2H3. The van der Waals surface area contributed by atoms with Gasteiger partial charge in [-0.05, 0) is 31.2 Å². The molecule has 3 atom stereocenters. The van der Waals surface area contributed by atoms with Crippen LogP contribution in [0, 0.1) is 17.7 Å². The van der Waals surface area contributed by atoms with Crippen LogP contribution in [0.15, 0.2) is 12.3 Å². The summed E-state index contributed by atoms with van der Waals surface area (Å²) in [6.07, 6.45) is 2.40. The molecule has 1 aromatic heterocycles.